The fraction of sp³-hybridized carbons (Fsp3) is 0.278. The van der Waals surface area contributed by atoms with Gasteiger partial charge in [-0.25, -0.2) is 0 Å². The Bertz CT molecular complexity index is 721. The van der Waals surface area contributed by atoms with Gasteiger partial charge in [0.2, 0.25) is 5.91 Å². The van der Waals surface area contributed by atoms with E-state index in [0.29, 0.717) is 0 Å². The van der Waals surface area contributed by atoms with Crippen molar-refractivity contribution >= 4 is 23.4 Å². The number of nitrogens with zero attached hydrogens (tertiary/aromatic N) is 2. The number of carbonyl (C=O) groups is 1. The molecule has 126 valence electrons. The Morgan fingerprint density at radius 2 is 1.79 bits per heavy atom. The highest BCUT2D eigenvalue weighted by Crippen LogP contribution is 2.28. The van der Waals surface area contributed by atoms with E-state index in [2.05, 4.69) is 0 Å². The number of hydrogen-bond acceptors (Lipinski definition) is 4. The lowest BCUT2D eigenvalue weighted by Crippen LogP contribution is -2.35. The molecule has 0 saturated carbocycles. The number of amides is 1. The lowest BCUT2D eigenvalue weighted by molar-refractivity contribution is -0.384. The molecule has 1 amide bonds. The molecule has 2 unspecified atom stereocenters. The van der Waals surface area contributed by atoms with Gasteiger partial charge in [-0.05, 0) is 31.5 Å². The van der Waals surface area contributed by atoms with Crippen LogP contribution in [0.2, 0.25) is 0 Å². The van der Waals surface area contributed by atoms with E-state index in [1.165, 1.54) is 23.9 Å². The van der Waals surface area contributed by atoms with Gasteiger partial charge < -0.3 is 4.90 Å². The van der Waals surface area contributed by atoms with Gasteiger partial charge in [0.15, 0.2) is 0 Å². The van der Waals surface area contributed by atoms with E-state index in [-0.39, 0.29) is 22.9 Å². The summed E-state index contributed by atoms with van der Waals surface area (Å²) in [5.41, 5.74) is 0.781. The highest BCUT2D eigenvalue weighted by atomic mass is 32.2. The van der Waals surface area contributed by atoms with Crippen LogP contribution in [0.3, 0.4) is 0 Å². The first kappa shape index (κ1) is 18.0. The molecule has 0 radical (unpaired) electrons. The number of rotatable bonds is 6. The zero-order chi connectivity index (χ0) is 17.7. The summed E-state index contributed by atoms with van der Waals surface area (Å²) in [4.78, 5) is 25.8. The Morgan fingerprint density at radius 1 is 1.12 bits per heavy atom. The average molecular weight is 344 g/mol. The summed E-state index contributed by atoms with van der Waals surface area (Å²) in [6.45, 7) is 3.74. The molecule has 2 aromatic carbocycles. The van der Waals surface area contributed by atoms with Gasteiger partial charge >= 0.3 is 0 Å². The number of non-ortho nitro benzene ring substituents is 1. The van der Waals surface area contributed by atoms with Crippen LogP contribution in [0.1, 0.15) is 25.5 Å². The van der Waals surface area contributed by atoms with Crippen LogP contribution < -0.4 is 0 Å². The molecular weight excluding hydrogens is 324 g/mol. The molecule has 0 aliphatic carbocycles. The summed E-state index contributed by atoms with van der Waals surface area (Å²) in [5.74, 6) is -0.0112. The molecule has 0 saturated heterocycles. The lowest BCUT2D eigenvalue weighted by Gasteiger charge is -2.27. The number of nitro benzene ring substituents is 1. The summed E-state index contributed by atoms with van der Waals surface area (Å²) in [7, 11) is 1.73. The normalized spacial score (nSPS) is 13.1. The SMILES string of the molecule is CC(Sc1ccccc1)C(=O)N(C)C(C)c1cccc([N+](=O)[O-])c1. The Kier molecular flexibility index (Phi) is 5.98. The predicted molar refractivity (Wildman–Crippen MR) is 96.0 cm³/mol. The van der Waals surface area contributed by atoms with Crippen LogP contribution in [-0.2, 0) is 4.79 Å². The molecular formula is C18H20N2O3S. The Balaban J connectivity index is 2.09. The standard InChI is InChI=1S/C18H20N2O3S/c1-13(15-8-7-9-16(12-15)20(22)23)19(3)18(21)14(2)24-17-10-5-4-6-11-17/h4-14H,1-3H3. The number of nitro groups is 1. The molecule has 0 aliphatic rings. The molecule has 0 N–H and O–H groups in total. The molecule has 5 nitrogen and oxygen atoms in total. The molecule has 6 heteroatoms. The largest absolute Gasteiger partial charge is 0.338 e. The van der Waals surface area contributed by atoms with E-state index in [4.69, 9.17) is 0 Å². The first-order valence-electron chi connectivity index (χ1n) is 7.63. The van der Waals surface area contributed by atoms with Crippen LogP contribution in [0.25, 0.3) is 0 Å². The summed E-state index contributed by atoms with van der Waals surface area (Å²) in [5, 5.41) is 10.7. The van der Waals surface area contributed by atoms with E-state index in [1.54, 1.807) is 24.1 Å². The topological polar surface area (TPSA) is 63.5 Å². The zero-order valence-electron chi connectivity index (χ0n) is 13.9. The monoisotopic (exact) mass is 344 g/mol. The minimum Gasteiger partial charge on any atom is -0.338 e. The minimum absolute atomic E-state index is 0.0112. The highest BCUT2D eigenvalue weighted by Gasteiger charge is 2.24. The van der Waals surface area contributed by atoms with Gasteiger partial charge in [-0.15, -0.1) is 11.8 Å². The van der Waals surface area contributed by atoms with Crippen LogP contribution in [0, 0.1) is 10.1 Å². The van der Waals surface area contributed by atoms with Crippen LogP contribution >= 0.6 is 11.8 Å². The van der Waals surface area contributed by atoms with Crippen molar-refractivity contribution in [3.8, 4) is 0 Å². The minimum atomic E-state index is -0.425. The van der Waals surface area contributed by atoms with Gasteiger partial charge in [0.25, 0.3) is 5.69 Å². The van der Waals surface area contributed by atoms with Crippen LogP contribution in [-0.4, -0.2) is 28.0 Å². The van der Waals surface area contributed by atoms with Gasteiger partial charge in [0.1, 0.15) is 0 Å². The number of benzene rings is 2. The van der Waals surface area contributed by atoms with Gasteiger partial charge in [0, 0.05) is 24.1 Å². The lowest BCUT2D eigenvalue weighted by atomic mass is 10.1. The molecule has 0 aliphatic heterocycles. The zero-order valence-corrected chi connectivity index (χ0v) is 14.7. The van der Waals surface area contributed by atoms with Gasteiger partial charge in [0.05, 0.1) is 16.2 Å². The van der Waals surface area contributed by atoms with Crippen LogP contribution in [0.15, 0.2) is 59.5 Å². The van der Waals surface area contributed by atoms with Crippen molar-refractivity contribution in [2.24, 2.45) is 0 Å². The summed E-state index contributed by atoms with van der Waals surface area (Å²) < 4.78 is 0. The second-order valence-electron chi connectivity index (χ2n) is 5.55. The molecule has 2 atom stereocenters. The molecule has 0 heterocycles. The van der Waals surface area contributed by atoms with E-state index < -0.39 is 4.92 Å². The van der Waals surface area contributed by atoms with Crippen molar-refractivity contribution in [2.75, 3.05) is 7.05 Å². The highest BCUT2D eigenvalue weighted by molar-refractivity contribution is 8.00. The molecule has 24 heavy (non-hydrogen) atoms. The van der Waals surface area contributed by atoms with Crippen LogP contribution in [0.5, 0.6) is 0 Å². The first-order valence-corrected chi connectivity index (χ1v) is 8.51. The smallest absolute Gasteiger partial charge is 0.269 e. The van der Waals surface area contributed by atoms with Crippen molar-refractivity contribution in [3.63, 3.8) is 0 Å². The average Bonchev–Trinajstić information content (AvgIpc) is 2.60. The molecule has 2 rings (SSSR count). The third-order valence-corrected chi connectivity index (χ3v) is 5.00. The Morgan fingerprint density at radius 3 is 2.42 bits per heavy atom. The van der Waals surface area contributed by atoms with E-state index in [9.17, 15) is 14.9 Å². The molecule has 2 aromatic rings. The second-order valence-corrected chi connectivity index (χ2v) is 6.96. The number of hydrogen-bond donors (Lipinski definition) is 0. The summed E-state index contributed by atoms with van der Waals surface area (Å²) >= 11 is 1.50. The number of carbonyl (C=O) groups excluding carboxylic acids is 1. The fourth-order valence-electron chi connectivity index (χ4n) is 2.35. The second kappa shape index (κ2) is 7.97. The van der Waals surface area contributed by atoms with Crippen molar-refractivity contribution in [2.45, 2.75) is 30.0 Å². The van der Waals surface area contributed by atoms with Crippen molar-refractivity contribution < 1.29 is 9.72 Å². The molecule has 0 spiro atoms. The van der Waals surface area contributed by atoms with Gasteiger partial charge in [-0.1, -0.05) is 30.3 Å². The first-order chi connectivity index (χ1) is 11.4. The molecule has 0 aromatic heterocycles. The van der Waals surface area contributed by atoms with E-state index >= 15 is 0 Å². The van der Waals surface area contributed by atoms with Gasteiger partial charge in [-0.2, -0.15) is 0 Å². The van der Waals surface area contributed by atoms with Crippen LogP contribution in [0.4, 0.5) is 5.69 Å². The van der Waals surface area contributed by atoms with Crippen molar-refractivity contribution in [1.29, 1.82) is 0 Å². The molecule has 0 fully saturated rings. The Labute approximate surface area is 145 Å². The third-order valence-electron chi connectivity index (χ3n) is 3.90. The third kappa shape index (κ3) is 4.35. The Hall–Kier alpha value is -2.34. The summed E-state index contributed by atoms with van der Waals surface area (Å²) in [6, 6.07) is 15.9. The van der Waals surface area contributed by atoms with Gasteiger partial charge in [-0.3, -0.25) is 14.9 Å². The quantitative estimate of drug-likeness (QED) is 0.445. The summed E-state index contributed by atoms with van der Waals surface area (Å²) in [6.07, 6.45) is 0. The predicted octanol–water partition coefficient (Wildman–Crippen LogP) is 4.30. The van der Waals surface area contributed by atoms with E-state index in [1.807, 2.05) is 44.2 Å². The number of thioether (sulfide) groups is 1. The van der Waals surface area contributed by atoms with E-state index in [0.717, 1.165) is 10.5 Å². The van der Waals surface area contributed by atoms with Crippen molar-refractivity contribution in [3.05, 3.63) is 70.3 Å². The molecule has 0 bridgehead atoms. The maximum Gasteiger partial charge on any atom is 0.269 e. The van der Waals surface area contributed by atoms with Crippen molar-refractivity contribution in [1.82, 2.24) is 4.90 Å². The fourth-order valence-corrected chi connectivity index (χ4v) is 3.34. The maximum atomic E-state index is 12.7. The maximum absolute atomic E-state index is 12.7.